The lowest BCUT2D eigenvalue weighted by atomic mass is 9.76. The van der Waals surface area contributed by atoms with Gasteiger partial charge in [-0.15, -0.1) is 0 Å². The molecule has 0 heterocycles. The molecule has 0 nitrogen and oxygen atoms in total. The van der Waals surface area contributed by atoms with Crippen molar-refractivity contribution >= 4 is 0 Å². The van der Waals surface area contributed by atoms with E-state index in [1.165, 1.54) is 19.3 Å². The Labute approximate surface area is 121 Å². The van der Waals surface area contributed by atoms with Gasteiger partial charge in [-0.25, -0.2) is 0 Å². The van der Waals surface area contributed by atoms with Crippen LogP contribution >= 0.6 is 0 Å². The SMILES string of the molecule is CC.CC.CCC(C)(C)c1ccccc1C1(C)CC1. The van der Waals surface area contributed by atoms with Gasteiger partial charge in [-0.2, -0.15) is 0 Å². The average molecular weight is 262 g/mol. The van der Waals surface area contributed by atoms with Gasteiger partial charge >= 0.3 is 0 Å². The highest BCUT2D eigenvalue weighted by atomic mass is 14.5. The normalized spacial score (nSPS) is 15.6. The highest BCUT2D eigenvalue weighted by molar-refractivity contribution is 5.41. The van der Waals surface area contributed by atoms with Crippen molar-refractivity contribution in [3.63, 3.8) is 0 Å². The Kier molecular flexibility index (Phi) is 7.41. The predicted octanol–water partition coefficient (Wildman–Crippen LogP) is 6.48. The van der Waals surface area contributed by atoms with Crippen molar-refractivity contribution in [2.45, 2.75) is 85.5 Å². The van der Waals surface area contributed by atoms with E-state index in [1.54, 1.807) is 11.1 Å². The molecule has 0 saturated heterocycles. The summed E-state index contributed by atoms with van der Waals surface area (Å²) in [5.41, 5.74) is 3.97. The summed E-state index contributed by atoms with van der Waals surface area (Å²) < 4.78 is 0. The van der Waals surface area contributed by atoms with Crippen LogP contribution in [0.3, 0.4) is 0 Å². The van der Waals surface area contributed by atoms with Gasteiger partial charge in [-0.1, -0.05) is 79.7 Å². The van der Waals surface area contributed by atoms with Crippen LogP contribution in [0, 0.1) is 0 Å². The summed E-state index contributed by atoms with van der Waals surface area (Å²) in [6, 6.07) is 9.03. The first-order valence-electron chi connectivity index (χ1n) is 8.10. The first-order valence-corrected chi connectivity index (χ1v) is 8.10. The van der Waals surface area contributed by atoms with Gasteiger partial charge in [-0.3, -0.25) is 0 Å². The van der Waals surface area contributed by atoms with Crippen molar-refractivity contribution in [1.82, 2.24) is 0 Å². The zero-order valence-corrected chi connectivity index (χ0v) is 14.4. The van der Waals surface area contributed by atoms with E-state index >= 15 is 0 Å². The lowest BCUT2D eigenvalue weighted by Gasteiger charge is -2.28. The third kappa shape index (κ3) is 4.37. The van der Waals surface area contributed by atoms with E-state index < -0.39 is 0 Å². The lowest BCUT2D eigenvalue weighted by molar-refractivity contribution is 0.495. The minimum atomic E-state index is 0.322. The first kappa shape index (κ1) is 18.2. The molecule has 1 fully saturated rings. The predicted molar refractivity (Wildman–Crippen MR) is 89.0 cm³/mol. The van der Waals surface area contributed by atoms with Crippen LogP contribution in [0.4, 0.5) is 0 Å². The number of hydrogen-bond donors (Lipinski definition) is 0. The largest absolute Gasteiger partial charge is 0.0683 e. The summed E-state index contributed by atoms with van der Waals surface area (Å²) in [5, 5.41) is 0. The number of benzene rings is 1. The second-order valence-corrected chi connectivity index (χ2v) is 5.84. The molecule has 0 N–H and O–H groups in total. The Morgan fingerprint density at radius 2 is 1.47 bits per heavy atom. The molecule has 1 saturated carbocycles. The van der Waals surface area contributed by atoms with Crippen molar-refractivity contribution in [1.29, 1.82) is 0 Å². The van der Waals surface area contributed by atoms with Crippen LogP contribution in [0.1, 0.15) is 85.8 Å². The molecular formula is C19H34. The minimum Gasteiger partial charge on any atom is -0.0683 e. The molecular weight excluding hydrogens is 228 g/mol. The minimum absolute atomic E-state index is 0.322. The van der Waals surface area contributed by atoms with E-state index in [-0.39, 0.29) is 0 Å². The van der Waals surface area contributed by atoms with Crippen LogP contribution in [0.25, 0.3) is 0 Å². The topological polar surface area (TPSA) is 0 Å². The Morgan fingerprint density at radius 3 is 1.89 bits per heavy atom. The summed E-state index contributed by atoms with van der Waals surface area (Å²) in [4.78, 5) is 0. The zero-order valence-electron chi connectivity index (χ0n) is 14.4. The van der Waals surface area contributed by atoms with Crippen molar-refractivity contribution in [2.75, 3.05) is 0 Å². The molecule has 1 aliphatic carbocycles. The molecule has 0 heteroatoms. The maximum absolute atomic E-state index is 2.40. The van der Waals surface area contributed by atoms with Crippen LogP contribution in [-0.2, 0) is 10.8 Å². The standard InChI is InChI=1S/C15H22.2C2H6/c1-5-14(2,3)12-8-6-7-9-13(12)15(4)10-11-15;2*1-2/h6-9H,5,10-11H2,1-4H3;2*1-2H3. The highest BCUT2D eigenvalue weighted by Gasteiger charge is 2.41. The summed E-state index contributed by atoms with van der Waals surface area (Å²) in [5.74, 6) is 0. The number of rotatable bonds is 3. The van der Waals surface area contributed by atoms with Crippen LogP contribution in [0.5, 0.6) is 0 Å². The molecule has 1 aliphatic rings. The number of hydrogen-bond acceptors (Lipinski definition) is 0. The average Bonchev–Trinajstić information content (AvgIpc) is 3.22. The summed E-state index contributed by atoms with van der Waals surface area (Å²) in [7, 11) is 0. The molecule has 0 amide bonds. The van der Waals surface area contributed by atoms with E-state index in [9.17, 15) is 0 Å². The van der Waals surface area contributed by atoms with Crippen LogP contribution in [0.15, 0.2) is 24.3 Å². The van der Waals surface area contributed by atoms with Gasteiger partial charge in [0.15, 0.2) is 0 Å². The molecule has 0 spiro atoms. The van der Waals surface area contributed by atoms with E-state index in [4.69, 9.17) is 0 Å². The highest BCUT2D eigenvalue weighted by Crippen LogP contribution is 2.50. The third-order valence-corrected chi connectivity index (χ3v) is 4.19. The van der Waals surface area contributed by atoms with Crippen molar-refractivity contribution < 1.29 is 0 Å². The second kappa shape index (κ2) is 7.72. The quantitative estimate of drug-likeness (QED) is 0.585. The Hall–Kier alpha value is -0.780. The Balaban J connectivity index is 0.000000741. The van der Waals surface area contributed by atoms with Gasteiger partial charge in [0.1, 0.15) is 0 Å². The molecule has 0 radical (unpaired) electrons. The zero-order chi connectivity index (χ0) is 15.1. The molecule has 1 aromatic carbocycles. The first-order chi connectivity index (χ1) is 8.99. The Bertz CT molecular complexity index is 356. The van der Waals surface area contributed by atoms with Crippen LogP contribution in [0.2, 0.25) is 0 Å². The second-order valence-electron chi connectivity index (χ2n) is 5.84. The maximum atomic E-state index is 2.40. The van der Waals surface area contributed by atoms with Gasteiger partial charge in [0.25, 0.3) is 0 Å². The van der Waals surface area contributed by atoms with E-state index in [2.05, 4.69) is 52.0 Å². The lowest BCUT2D eigenvalue weighted by Crippen LogP contribution is -2.20. The molecule has 0 aliphatic heterocycles. The third-order valence-electron chi connectivity index (χ3n) is 4.19. The van der Waals surface area contributed by atoms with E-state index in [1.807, 2.05) is 27.7 Å². The van der Waals surface area contributed by atoms with Gasteiger partial charge < -0.3 is 0 Å². The monoisotopic (exact) mass is 262 g/mol. The molecule has 0 bridgehead atoms. The maximum Gasteiger partial charge on any atom is -0.00717 e. The fourth-order valence-corrected chi connectivity index (χ4v) is 2.25. The smallest absolute Gasteiger partial charge is 0.00717 e. The van der Waals surface area contributed by atoms with Crippen molar-refractivity contribution in [3.05, 3.63) is 35.4 Å². The van der Waals surface area contributed by atoms with Crippen LogP contribution in [-0.4, -0.2) is 0 Å². The van der Waals surface area contributed by atoms with Gasteiger partial charge in [0.05, 0.1) is 0 Å². The molecule has 0 atom stereocenters. The van der Waals surface area contributed by atoms with Gasteiger partial charge in [0, 0.05) is 0 Å². The van der Waals surface area contributed by atoms with Crippen molar-refractivity contribution in [2.24, 2.45) is 0 Å². The van der Waals surface area contributed by atoms with E-state index in [0.717, 1.165) is 0 Å². The molecule has 2 rings (SSSR count). The molecule has 1 aromatic rings. The summed E-state index contributed by atoms with van der Waals surface area (Å²) in [6.45, 7) is 17.4. The fraction of sp³-hybridized carbons (Fsp3) is 0.684. The molecule has 0 unspecified atom stereocenters. The fourth-order valence-electron chi connectivity index (χ4n) is 2.25. The van der Waals surface area contributed by atoms with Gasteiger partial charge in [-0.05, 0) is 41.2 Å². The van der Waals surface area contributed by atoms with Crippen LogP contribution < -0.4 is 0 Å². The summed E-state index contributed by atoms with van der Waals surface area (Å²) >= 11 is 0. The Morgan fingerprint density at radius 1 is 1.00 bits per heavy atom. The van der Waals surface area contributed by atoms with E-state index in [0.29, 0.717) is 10.8 Å². The van der Waals surface area contributed by atoms with Crippen molar-refractivity contribution in [3.8, 4) is 0 Å². The summed E-state index contributed by atoms with van der Waals surface area (Å²) in [6.07, 6.45) is 3.94. The molecule has 0 aromatic heterocycles. The molecule has 19 heavy (non-hydrogen) atoms. The molecule has 110 valence electrons. The van der Waals surface area contributed by atoms with Gasteiger partial charge in [0.2, 0.25) is 0 Å².